The number of fused-ring (bicyclic) bond motifs is 1. The molecular weight excluding hydrogens is 270 g/mol. The van der Waals surface area contributed by atoms with Gasteiger partial charge in [0, 0.05) is 29.3 Å². The summed E-state index contributed by atoms with van der Waals surface area (Å²) in [6.07, 6.45) is 2.55. The number of aromatic amines is 1. The minimum atomic E-state index is -0.528. The fourth-order valence-electron chi connectivity index (χ4n) is 2.19. The molecule has 112 valence electrons. The Hall–Kier alpha value is -2.14. The number of aryl methyl sites for hydroxylation is 1. The second-order valence-corrected chi connectivity index (χ2v) is 4.62. The molecule has 0 unspecified atom stereocenters. The third kappa shape index (κ3) is 3.49. The van der Waals surface area contributed by atoms with Crippen LogP contribution in [0.15, 0.2) is 24.4 Å². The zero-order chi connectivity index (χ0) is 15.2. The second-order valence-electron chi connectivity index (χ2n) is 4.62. The Morgan fingerprint density at radius 2 is 2.00 bits per heavy atom. The molecule has 0 saturated heterocycles. The number of aromatic nitrogens is 1. The van der Waals surface area contributed by atoms with Crippen molar-refractivity contribution in [2.24, 2.45) is 0 Å². The van der Waals surface area contributed by atoms with E-state index in [1.807, 2.05) is 18.2 Å². The van der Waals surface area contributed by atoms with Crippen molar-refractivity contribution in [3.8, 4) is 0 Å². The van der Waals surface area contributed by atoms with Crippen LogP contribution >= 0.6 is 0 Å². The van der Waals surface area contributed by atoms with Crippen molar-refractivity contribution < 1.29 is 19.1 Å². The topological polar surface area (TPSA) is 68.4 Å². The molecule has 21 heavy (non-hydrogen) atoms. The summed E-state index contributed by atoms with van der Waals surface area (Å²) in [7, 11) is 0. The molecule has 0 aliphatic rings. The summed E-state index contributed by atoms with van der Waals surface area (Å²) in [6.45, 7) is 3.89. The Kier molecular flexibility index (Phi) is 5.11. The molecule has 5 heteroatoms. The van der Waals surface area contributed by atoms with E-state index in [0.717, 1.165) is 22.9 Å². The molecule has 0 fully saturated rings. The quantitative estimate of drug-likeness (QED) is 0.628. The van der Waals surface area contributed by atoms with Gasteiger partial charge in [-0.05, 0) is 18.9 Å². The Morgan fingerprint density at radius 1 is 1.19 bits per heavy atom. The van der Waals surface area contributed by atoms with Gasteiger partial charge in [0.15, 0.2) is 6.61 Å². The van der Waals surface area contributed by atoms with Crippen LogP contribution in [0, 0.1) is 0 Å². The van der Waals surface area contributed by atoms with Crippen LogP contribution in [-0.2, 0) is 20.7 Å². The number of carbonyl (C=O) groups is 2. The third-order valence-electron chi connectivity index (χ3n) is 3.27. The first-order valence-electron chi connectivity index (χ1n) is 7.02. The Balaban J connectivity index is 2.08. The smallest absolute Gasteiger partial charge is 0.332 e. The number of rotatable bonds is 7. The van der Waals surface area contributed by atoms with Gasteiger partial charge in [-0.1, -0.05) is 25.1 Å². The van der Waals surface area contributed by atoms with Crippen LogP contribution in [0.25, 0.3) is 10.9 Å². The van der Waals surface area contributed by atoms with Gasteiger partial charge >= 0.3 is 5.97 Å². The standard InChI is InChI=1S/C16H19NO4/c1-3-11-6-5-7-12-13(8-17-16(11)12)14(18)9-21-15(19)10-20-4-2/h5-8,17H,3-4,9-10H2,1-2H3. The van der Waals surface area contributed by atoms with Crippen LogP contribution in [0.3, 0.4) is 0 Å². The van der Waals surface area contributed by atoms with E-state index in [2.05, 4.69) is 11.9 Å². The predicted octanol–water partition coefficient (Wildman–Crippen LogP) is 2.49. The molecule has 2 rings (SSSR count). The first-order valence-corrected chi connectivity index (χ1v) is 7.02. The molecule has 1 N–H and O–H groups in total. The molecule has 0 radical (unpaired) electrons. The van der Waals surface area contributed by atoms with E-state index >= 15 is 0 Å². The number of esters is 1. The van der Waals surface area contributed by atoms with Crippen molar-refractivity contribution in [3.05, 3.63) is 35.5 Å². The molecule has 0 spiro atoms. The van der Waals surface area contributed by atoms with Crippen LogP contribution in [-0.4, -0.2) is 36.6 Å². The number of hydrogen-bond acceptors (Lipinski definition) is 4. The molecule has 1 aromatic heterocycles. The van der Waals surface area contributed by atoms with Gasteiger partial charge < -0.3 is 14.5 Å². The number of hydrogen-bond donors (Lipinski definition) is 1. The lowest BCUT2D eigenvalue weighted by atomic mass is 10.1. The highest BCUT2D eigenvalue weighted by Crippen LogP contribution is 2.22. The van der Waals surface area contributed by atoms with Crippen LogP contribution in [0.4, 0.5) is 0 Å². The normalized spacial score (nSPS) is 10.8. The number of H-pyrrole nitrogens is 1. The van der Waals surface area contributed by atoms with Crippen LogP contribution in [0.1, 0.15) is 29.8 Å². The molecule has 0 atom stereocenters. The lowest BCUT2D eigenvalue weighted by molar-refractivity contribution is -0.147. The average molecular weight is 289 g/mol. The first kappa shape index (κ1) is 15.3. The molecule has 1 aromatic carbocycles. The monoisotopic (exact) mass is 289 g/mol. The maximum absolute atomic E-state index is 12.2. The Labute approximate surface area is 123 Å². The largest absolute Gasteiger partial charge is 0.456 e. The molecular formula is C16H19NO4. The molecule has 0 bridgehead atoms. The van der Waals surface area contributed by atoms with Gasteiger partial charge in [0.25, 0.3) is 0 Å². The highest BCUT2D eigenvalue weighted by atomic mass is 16.6. The Morgan fingerprint density at radius 3 is 2.71 bits per heavy atom. The van der Waals surface area contributed by atoms with Crippen molar-refractivity contribution >= 4 is 22.7 Å². The number of nitrogens with one attached hydrogen (secondary N) is 1. The number of ether oxygens (including phenoxy) is 2. The van der Waals surface area contributed by atoms with Gasteiger partial charge in [-0.3, -0.25) is 4.79 Å². The predicted molar refractivity (Wildman–Crippen MR) is 79.5 cm³/mol. The molecule has 0 saturated carbocycles. The van der Waals surface area contributed by atoms with Crippen molar-refractivity contribution in [1.29, 1.82) is 0 Å². The molecule has 0 amide bonds. The average Bonchev–Trinajstić information content (AvgIpc) is 2.94. The summed E-state index contributed by atoms with van der Waals surface area (Å²) in [6, 6.07) is 5.84. The summed E-state index contributed by atoms with van der Waals surface area (Å²) >= 11 is 0. The summed E-state index contributed by atoms with van der Waals surface area (Å²) in [5.74, 6) is -0.751. The van der Waals surface area contributed by atoms with Crippen LogP contribution in [0.5, 0.6) is 0 Å². The summed E-state index contributed by atoms with van der Waals surface area (Å²) < 4.78 is 9.83. The number of carbonyl (C=O) groups excluding carboxylic acids is 2. The van der Waals surface area contributed by atoms with Crippen molar-refractivity contribution in [3.63, 3.8) is 0 Å². The minimum Gasteiger partial charge on any atom is -0.456 e. The Bertz CT molecular complexity index is 645. The van der Waals surface area contributed by atoms with Crippen LogP contribution < -0.4 is 0 Å². The van der Waals surface area contributed by atoms with Crippen molar-refractivity contribution in [2.45, 2.75) is 20.3 Å². The lowest BCUT2D eigenvalue weighted by Crippen LogP contribution is -2.18. The number of para-hydroxylation sites is 1. The summed E-state index contributed by atoms with van der Waals surface area (Å²) in [5.41, 5.74) is 2.66. The number of ketones is 1. The molecule has 5 nitrogen and oxygen atoms in total. The van der Waals surface area contributed by atoms with Crippen LogP contribution in [0.2, 0.25) is 0 Å². The zero-order valence-corrected chi connectivity index (χ0v) is 12.3. The van der Waals surface area contributed by atoms with E-state index in [1.165, 1.54) is 0 Å². The third-order valence-corrected chi connectivity index (χ3v) is 3.27. The maximum Gasteiger partial charge on any atom is 0.332 e. The first-order chi connectivity index (χ1) is 10.2. The fourth-order valence-corrected chi connectivity index (χ4v) is 2.19. The van der Waals surface area contributed by atoms with Gasteiger partial charge in [0.1, 0.15) is 6.61 Å². The van der Waals surface area contributed by atoms with Gasteiger partial charge in [0.2, 0.25) is 5.78 Å². The van der Waals surface area contributed by atoms with E-state index in [1.54, 1.807) is 13.1 Å². The van der Waals surface area contributed by atoms with E-state index in [0.29, 0.717) is 12.2 Å². The zero-order valence-electron chi connectivity index (χ0n) is 12.3. The van der Waals surface area contributed by atoms with Gasteiger partial charge in [0.05, 0.1) is 0 Å². The highest BCUT2D eigenvalue weighted by Gasteiger charge is 2.15. The summed E-state index contributed by atoms with van der Waals surface area (Å²) in [5, 5.41) is 0.861. The van der Waals surface area contributed by atoms with E-state index in [-0.39, 0.29) is 19.0 Å². The highest BCUT2D eigenvalue weighted by molar-refractivity contribution is 6.09. The second kappa shape index (κ2) is 7.04. The SMILES string of the molecule is CCOCC(=O)OCC(=O)c1c[nH]c2c(CC)cccc12. The van der Waals surface area contributed by atoms with E-state index in [4.69, 9.17) is 9.47 Å². The van der Waals surface area contributed by atoms with E-state index < -0.39 is 5.97 Å². The van der Waals surface area contributed by atoms with Gasteiger partial charge in [-0.15, -0.1) is 0 Å². The molecule has 0 aliphatic heterocycles. The van der Waals surface area contributed by atoms with Gasteiger partial charge in [-0.25, -0.2) is 4.79 Å². The number of Topliss-reactive ketones (excluding diaryl/α,β-unsaturated/α-hetero) is 1. The summed E-state index contributed by atoms with van der Waals surface area (Å²) in [4.78, 5) is 26.6. The van der Waals surface area contributed by atoms with Crippen molar-refractivity contribution in [1.82, 2.24) is 4.98 Å². The maximum atomic E-state index is 12.2. The lowest BCUT2D eigenvalue weighted by Gasteiger charge is -2.04. The van der Waals surface area contributed by atoms with E-state index in [9.17, 15) is 9.59 Å². The molecule has 1 heterocycles. The number of benzene rings is 1. The molecule has 2 aromatic rings. The van der Waals surface area contributed by atoms with Gasteiger partial charge in [-0.2, -0.15) is 0 Å². The minimum absolute atomic E-state index is 0.127. The fraction of sp³-hybridized carbons (Fsp3) is 0.375. The van der Waals surface area contributed by atoms with Crippen molar-refractivity contribution in [2.75, 3.05) is 19.8 Å². The molecule has 0 aliphatic carbocycles.